The van der Waals surface area contributed by atoms with Gasteiger partial charge >= 0.3 is 0 Å². The molecule has 0 amide bonds. The van der Waals surface area contributed by atoms with Gasteiger partial charge in [0.05, 0.1) is 31.5 Å². The van der Waals surface area contributed by atoms with E-state index in [1.807, 2.05) is 23.1 Å². The van der Waals surface area contributed by atoms with Gasteiger partial charge in [0.25, 0.3) is 0 Å². The Kier molecular flexibility index (Phi) is 6.10. The average Bonchev–Trinajstić information content (AvgIpc) is 2.84. The van der Waals surface area contributed by atoms with Crippen LogP contribution < -0.4 is 10.5 Å². The summed E-state index contributed by atoms with van der Waals surface area (Å²) in [7, 11) is 0. The number of halogens is 1. The number of benzene rings is 2. The molecule has 4 aromatic rings. The monoisotopic (exact) mass is 445 g/mol. The van der Waals surface area contributed by atoms with Gasteiger partial charge in [-0.3, -0.25) is 14.7 Å². The number of morpholine rings is 1. The number of hydrogen-bond acceptors (Lipinski definition) is 6. The van der Waals surface area contributed by atoms with Crippen LogP contribution in [0.25, 0.3) is 10.9 Å². The van der Waals surface area contributed by atoms with Gasteiger partial charge in [0.2, 0.25) is 5.56 Å². The number of para-hydroxylation sites is 1. The molecule has 3 heterocycles. The Morgan fingerprint density at radius 1 is 1.09 bits per heavy atom. The van der Waals surface area contributed by atoms with E-state index in [2.05, 4.69) is 32.0 Å². The summed E-state index contributed by atoms with van der Waals surface area (Å²) in [5.74, 6) is 0.191. The second kappa shape index (κ2) is 9.48. The van der Waals surface area contributed by atoms with Crippen LogP contribution in [0, 0.1) is 5.82 Å². The molecule has 1 saturated heterocycles. The van der Waals surface area contributed by atoms with E-state index in [-0.39, 0.29) is 11.1 Å². The number of fused-ring (bicyclic) bond motifs is 1. The summed E-state index contributed by atoms with van der Waals surface area (Å²) in [6.07, 6.45) is 4.94. The van der Waals surface area contributed by atoms with Gasteiger partial charge < -0.3 is 14.6 Å². The molecule has 0 radical (unpaired) electrons. The minimum absolute atomic E-state index is 0.208. The lowest BCUT2D eigenvalue weighted by atomic mass is 10.1. The number of aromatic nitrogens is 3. The van der Waals surface area contributed by atoms with Gasteiger partial charge in [0, 0.05) is 49.2 Å². The lowest BCUT2D eigenvalue weighted by Crippen LogP contribution is -2.35. The molecule has 0 aliphatic carbocycles. The third kappa shape index (κ3) is 4.76. The van der Waals surface area contributed by atoms with Crippen molar-refractivity contribution < 1.29 is 9.13 Å². The second-order valence-corrected chi connectivity index (χ2v) is 8.03. The maximum atomic E-state index is 14.4. The first-order valence-electron chi connectivity index (χ1n) is 10.9. The molecule has 2 aromatic heterocycles. The normalized spacial score (nSPS) is 14.5. The molecular formula is C25H24FN5O2. The summed E-state index contributed by atoms with van der Waals surface area (Å²) in [6.45, 7) is 4.47. The van der Waals surface area contributed by atoms with Crippen LogP contribution in [0.1, 0.15) is 11.1 Å². The molecule has 168 valence electrons. The quantitative estimate of drug-likeness (QED) is 0.489. The number of nitrogens with zero attached hydrogens (tertiary/aromatic N) is 4. The average molecular weight is 445 g/mol. The number of pyridine rings is 1. The van der Waals surface area contributed by atoms with Gasteiger partial charge in [-0.1, -0.05) is 24.3 Å². The summed E-state index contributed by atoms with van der Waals surface area (Å²) in [5.41, 5.74) is 2.66. The standard InChI is InChI=1S/C25H24FN5O2/c26-22-6-2-5-21-19(14-24(32)29-25(21)22)17-31(23-15-27-7-8-28-23)20-4-1-3-18(13-20)16-30-9-11-33-12-10-30/h1-8,13-15H,9-12,16-17H2,(H,29,32). The SMILES string of the molecule is O=c1cc(CN(c2cccc(CN3CCOCC3)c2)c2cnccn2)c2cccc(F)c2[nH]1. The van der Waals surface area contributed by atoms with Crippen LogP contribution in [0.5, 0.6) is 0 Å². The van der Waals surface area contributed by atoms with E-state index in [1.165, 1.54) is 17.7 Å². The molecule has 7 nitrogen and oxygen atoms in total. The molecule has 1 aliphatic rings. The van der Waals surface area contributed by atoms with Crippen LogP contribution in [0.15, 0.2) is 71.9 Å². The maximum absolute atomic E-state index is 14.4. The highest BCUT2D eigenvalue weighted by Crippen LogP contribution is 2.29. The van der Waals surface area contributed by atoms with E-state index in [4.69, 9.17) is 4.74 Å². The summed E-state index contributed by atoms with van der Waals surface area (Å²) in [5, 5.41) is 0.660. The number of aromatic amines is 1. The molecule has 0 spiro atoms. The molecule has 8 heteroatoms. The highest BCUT2D eigenvalue weighted by atomic mass is 19.1. The number of nitrogens with one attached hydrogen (secondary N) is 1. The number of hydrogen-bond donors (Lipinski definition) is 1. The molecule has 1 N–H and O–H groups in total. The maximum Gasteiger partial charge on any atom is 0.248 e. The van der Waals surface area contributed by atoms with E-state index < -0.39 is 5.82 Å². The summed E-state index contributed by atoms with van der Waals surface area (Å²) < 4.78 is 19.8. The fourth-order valence-corrected chi connectivity index (χ4v) is 4.19. The molecule has 33 heavy (non-hydrogen) atoms. The van der Waals surface area contributed by atoms with Crippen molar-refractivity contribution in [1.29, 1.82) is 0 Å². The zero-order valence-corrected chi connectivity index (χ0v) is 18.1. The molecule has 0 atom stereocenters. The molecule has 2 aromatic carbocycles. The number of anilines is 2. The van der Waals surface area contributed by atoms with Crippen molar-refractivity contribution in [1.82, 2.24) is 19.9 Å². The van der Waals surface area contributed by atoms with Crippen LogP contribution >= 0.6 is 0 Å². The van der Waals surface area contributed by atoms with Gasteiger partial charge in [0.15, 0.2) is 5.82 Å². The lowest BCUT2D eigenvalue weighted by Gasteiger charge is -2.28. The van der Waals surface area contributed by atoms with Gasteiger partial charge in [-0.2, -0.15) is 0 Å². The second-order valence-electron chi connectivity index (χ2n) is 8.03. The first kappa shape index (κ1) is 21.2. The predicted molar refractivity (Wildman–Crippen MR) is 125 cm³/mol. The van der Waals surface area contributed by atoms with Crippen molar-refractivity contribution in [3.8, 4) is 0 Å². The smallest absolute Gasteiger partial charge is 0.248 e. The van der Waals surface area contributed by atoms with Gasteiger partial charge in [-0.25, -0.2) is 9.37 Å². The van der Waals surface area contributed by atoms with E-state index in [9.17, 15) is 9.18 Å². The fourth-order valence-electron chi connectivity index (χ4n) is 4.19. The topological polar surface area (TPSA) is 74.3 Å². The van der Waals surface area contributed by atoms with Crippen molar-refractivity contribution >= 4 is 22.4 Å². The first-order chi connectivity index (χ1) is 16.2. The molecule has 5 rings (SSSR count). The van der Waals surface area contributed by atoms with Crippen molar-refractivity contribution in [3.05, 3.63) is 94.4 Å². The molecule has 1 fully saturated rings. The van der Waals surface area contributed by atoms with E-state index in [0.717, 1.165) is 38.5 Å². The Bertz CT molecular complexity index is 1310. The molecule has 1 aliphatic heterocycles. The summed E-state index contributed by atoms with van der Waals surface area (Å²) in [4.78, 5) is 28.0. The molecular weight excluding hydrogens is 421 g/mol. The Balaban J connectivity index is 1.53. The van der Waals surface area contributed by atoms with E-state index >= 15 is 0 Å². The van der Waals surface area contributed by atoms with Crippen LogP contribution in [-0.2, 0) is 17.8 Å². The molecule has 0 unspecified atom stereocenters. The molecule has 0 bridgehead atoms. The van der Waals surface area contributed by atoms with Crippen molar-refractivity contribution in [3.63, 3.8) is 0 Å². The van der Waals surface area contributed by atoms with Crippen molar-refractivity contribution in [2.45, 2.75) is 13.1 Å². The van der Waals surface area contributed by atoms with Gasteiger partial charge in [-0.05, 0) is 29.3 Å². The first-order valence-corrected chi connectivity index (χ1v) is 10.9. The minimum Gasteiger partial charge on any atom is -0.379 e. The van der Waals surface area contributed by atoms with Gasteiger partial charge in [-0.15, -0.1) is 0 Å². The summed E-state index contributed by atoms with van der Waals surface area (Å²) >= 11 is 0. The predicted octanol–water partition coefficient (Wildman–Crippen LogP) is 3.63. The van der Waals surface area contributed by atoms with Gasteiger partial charge in [0.1, 0.15) is 5.82 Å². The third-order valence-electron chi connectivity index (χ3n) is 5.80. The van der Waals surface area contributed by atoms with Crippen LogP contribution in [-0.4, -0.2) is 46.2 Å². The van der Waals surface area contributed by atoms with Crippen molar-refractivity contribution in [2.24, 2.45) is 0 Å². The number of H-pyrrole nitrogens is 1. The molecule has 0 saturated carbocycles. The Morgan fingerprint density at radius 2 is 1.94 bits per heavy atom. The zero-order chi connectivity index (χ0) is 22.6. The Labute approximate surface area is 190 Å². The fraction of sp³-hybridized carbons (Fsp3) is 0.240. The highest BCUT2D eigenvalue weighted by molar-refractivity contribution is 5.83. The van der Waals surface area contributed by atoms with Crippen LogP contribution in [0.4, 0.5) is 15.9 Å². The Hall–Kier alpha value is -3.62. The van der Waals surface area contributed by atoms with E-state index in [1.54, 1.807) is 24.7 Å². The zero-order valence-electron chi connectivity index (χ0n) is 18.1. The van der Waals surface area contributed by atoms with Crippen molar-refractivity contribution in [2.75, 3.05) is 31.2 Å². The largest absolute Gasteiger partial charge is 0.379 e. The number of ether oxygens (including phenoxy) is 1. The highest BCUT2D eigenvalue weighted by Gasteiger charge is 2.17. The summed E-state index contributed by atoms with van der Waals surface area (Å²) in [6, 6.07) is 14.6. The third-order valence-corrected chi connectivity index (χ3v) is 5.80. The van der Waals surface area contributed by atoms with Crippen LogP contribution in [0.2, 0.25) is 0 Å². The van der Waals surface area contributed by atoms with E-state index in [0.29, 0.717) is 23.3 Å². The lowest BCUT2D eigenvalue weighted by molar-refractivity contribution is 0.0342. The number of rotatable bonds is 6. The Morgan fingerprint density at radius 3 is 2.76 bits per heavy atom. The van der Waals surface area contributed by atoms with Crippen LogP contribution in [0.3, 0.4) is 0 Å². The minimum atomic E-state index is -0.454.